The highest BCUT2D eigenvalue weighted by molar-refractivity contribution is 7.91. The molecule has 35 heavy (non-hydrogen) atoms. The van der Waals surface area contributed by atoms with Crippen LogP contribution in [0.3, 0.4) is 0 Å². The Hall–Kier alpha value is 1.48. The summed E-state index contributed by atoms with van der Waals surface area (Å²) in [4.78, 5) is 0. The Morgan fingerprint density at radius 1 is 0.400 bits per heavy atom. The highest BCUT2D eigenvalue weighted by atomic mass is 29.9. The van der Waals surface area contributed by atoms with E-state index in [0.29, 0.717) is 0 Å². The van der Waals surface area contributed by atoms with Gasteiger partial charge in [0, 0.05) is 38.9 Å². The Balaban J connectivity index is 4.56. The molecule has 0 N–H and O–H groups in total. The SMILES string of the molecule is C[Si](C)(C)[C@H]1[C@H]([Si](C)(C)C)[C@@H]([Si](C)(C)C)C([Si]([Si](C)(C)C)([Si](C)(C)C)[Si](C)(C)C)=C[C@H]1[Si](C)(C)C. The van der Waals surface area contributed by atoms with Crippen molar-refractivity contribution >= 4 is 61.7 Å². The predicted octanol–water partition coefficient (Wildman–Crippen LogP) is 11.0. The van der Waals surface area contributed by atoms with E-state index in [1.165, 1.54) is 0 Å². The Morgan fingerprint density at radius 2 is 0.714 bits per heavy atom. The molecule has 0 saturated heterocycles. The summed E-state index contributed by atoms with van der Waals surface area (Å²) in [5.74, 6) is 0. The highest BCUT2D eigenvalue weighted by Gasteiger charge is 2.68. The van der Waals surface area contributed by atoms with Crippen LogP contribution in [-0.4, -0.2) is 61.7 Å². The second-order valence-electron chi connectivity index (χ2n) is 19.6. The second-order valence-corrected chi connectivity index (χ2v) is 81.5. The molecule has 0 aromatic carbocycles. The summed E-state index contributed by atoms with van der Waals surface area (Å²) in [6.45, 7) is 57.1. The maximum atomic E-state index is 3.19. The van der Waals surface area contributed by atoms with Crippen LogP contribution in [0.1, 0.15) is 0 Å². The second kappa shape index (κ2) is 9.84. The largest absolute Gasteiger partial charge is 0.0915 e. The molecule has 1 rings (SSSR count). The van der Waals surface area contributed by atoms with Gasteiger partial charge in [0.1, 0.15) is 0 Å². The third-order valence-corrected chi connectivity index (χ3v) is 92.8. The molecule has 0 bridgehead atoms. The number of hydrogen-bond donors (Lipinski definition) is 0. The predicted molar refractivity (Wildman–Crippen MR) is 192 cm³/mol. The standard InChI is InChI=1S/C27H68Si8/c1-28(2,3)23-22-24(35(32(13,14)15,33(16,17)18)34(19,20)21)26(30(7,8)9)27(31(10,11)12)25(23)29(4,5)6/h22-23,25-27H,1-21H3/t23-,25-,26+,27+/m1/s1. The van der Waals surface area contributed by atoms with Crippen molar-refractivity contribution in [3.63, 3.8) is 0 Å². The lowest BCUT2D eigenvalue weighted by atomic mass is 10.0. The van der Waals surface area contributed by atoms with E-state index in [2.05, 4.69) is 149 Å². The van der Waals surface area contributed by atoms with Crippen molar-refractivity contribution in [1.29, 1.82) is 0 Å². The summed E-state index contributed by atoms with van der Waals surface area (Å²) in [6.07, 6.45) is 3.19. The lowest BCUT2D eigenvalue weighted by molar-refractivity contribution is 0.643. The van der Waals surface area contributed by atoms with Crippen molar-refractivity contribution in [3.8, 4) is 0 Å². The molecule has 0 aromatic rings. The first-order valence-corrected chi connectivity index (χ1v) is 44.4. The maximum absolute atomic E-state index is 3.19. The molecule has 0 aliphatic heterocycles. The maximum Gasteiger partial charge on any atom is 0.0632 e. The van der Waals surface area contributed by atoms with Gasteiger partial charge in [0.15, 0.2) is 0 Å². The summed E-state index contributed by atoms with van der Waals surface area (Å²) in [5.41, 5.74) is 3.81. The first-order valence-electron chi connectivity index (χ1n) is 14.6. The number of rotatable bonds is 8. The van der Waals surface area contributed by atoms with Gasteiger partial charge in [-0.3, -0.25) is 0 Å². The summed E-state index contributed by atoms with van der Waals surface area (Å²) >= 11 is 0. The van der Waals surface area contributed by atoms with E-state index >= 15 is 0 Å². The smallest absolute Gasteiger partial charge is 0.0632 e. The van der Waals surface area contributed by atoms with Gasteiger partial charge >= 0.3 is 0 Å². The zero-order valence-electron chi connectivity index (χ0n) is 28.4. The molecule has 0 fully saturated rings. The molecule has 8 heteroatoms. The van der Waals surface area contributed by atoms with Gasteiger partial charge in [0.25, 0.3) is 0 Å². The molecule has 0 heterocycles. The van der Waals surface area contributed by atoms with Crippen molar-refractivity contribution in [2.24, 2.45) is 0 Å². The van der Waals surface area contributed by atoms with Crippen LogP contribution < -0.4 is 0 Å². The third-order valence-electron chi connectivity index (χ3n) is 9.57. The van der Waals surface area contributed by atoms with Crippen LogP contribution in [0.15, 0.2) is 11.3 Å². The lowest BCUT2D eigenvalue weighted by Gasteiger charge is -2.66. The van der Waals surface area contributed by atoms with Gasteiger partial charge < -0.3 is 0 Å². The van der Waals surface area contributed by atoms with Gasteiger partial charge in [-0.2, -0.15) is 0 Å². The third kappa shape index (κ3) is 6.46. The molecule has 0 saturated carbocycles. The van der Waals surface area contributed by atoms with Crippen molar-refractivity contribution < 1.29 is 0 Å². The van der Waals surface area contributed by atoms with Crippen molar-refractivity contribution in [2.45, 2.75) is 160 Å². The molecule has 0 radical (unpaired) electrons. The van der Waals surface area contributed by atoms with E-state index in [1.807, 2.05) is 0 Å². The fourth-order valence-corrected chi connectivity index (χ4v) is 133. The molecule has 1 aliphatic carbocycles. The Kier molecular flexibility index (Phi) is 9.70. The minimum absolute atomic E-state index is 0.893. The number of allylic oxidation sites excluding steroid dienone is 2. The summed E-state index contributed by atoms with van der Waals surface area (Å²) in [5, 5.41) is 2.24. The molecule has 0 spiro atoms. The Bertz CT molecular complexity index is 744. The molecule has 4 atom stereocenters. The average Bonchev–Trinajstić information content (AvgIpc) is 2.45. The van der Waals surface area contributed by atoms with Crippen LogP contribution in [0, 0.1) is 0 Å². The van der Waals surface area contributed by atoms with Gasteiger partial charge in [0.2, 0.25) is 0 Å². The van der Waals surface area contributed by atoms with E-state index in [0.717, 1.165) is 22.2 Å². The fourth-order valence-electron chi connectivity index (χ4n) is 9.97. The van der Waals surface area contributed by atoms with Crippen molar-refractivity contribution in [3.05, 3.63) is 11.3 Å². The van der Waals surface area contributed by atoms with Crippen LogP contribution in [0.5, 0.6) is 0 Å². The van der Waals surface area contributed by atoms with E-state index in [9.17, 15) is 0 Å². The monoisotopic (exact) mass is 616 g/mol. The van der Waals surface area contributed by atoms with E-state index in [-0.39, 0.29) is 0 Å². The van der Waals surface area contributed by atoms with Gasteiger partial charge in [-0.15, -0.1) is 0 Å². The van der Waals surface area contributed by atoms with Crippen LogP contribution in [-0.2, 0) is 0 Å². The quantitative estimate of drug-likeness (QED) is 0.238. The zero-order valence-corrected chi connectivity index (χ0v) is 36.4. The molecule has 0 nitrogen and oxygen atoms in total. The van der Waals surface area contributed by atoms with Crippen LogP contribution in [0.2, 0.25) is 160 Å². The fraction of sp³-hybridized carbons (Fsp3) is 0.926. The first kappa shape index (κ1) is 34.5. The topological polar surface area (TPSA) is 0 Å². The molecule has 0 amide bonds. The average molecular weight is 618 g/mol. The molecule has 0 unspecified atom stereocenters. The van der Waals surface area contributed by atoms with Gasteiger partial charge in [-0.05, 0) is 22.2 Å². The Labute approximate surface area is 231 Å². The minimum atomic E-state index is -1.63. The first-order chi connectivity index (χ1) is 14.8. The minimum Gasteiger partial charge on any atom is -0.0915 e. The van der Waals surface area contributed by atoms with Crippen LogP contribution in [0.4, 0.5) is 0 Å². The van der Waals surface area contributed by atoms with Crippen molar-refractivity contribution in [2.75, 3.05) is 0 Å². The van der Waals surface area contributed by atoms with E-state index in [1.54, 1.807) is 0 Å². The van der Waals surface area contributed by atoms with E-state index in [4.69, 9.17) is 0 Å². The summed E-state index contributed by atoms with van der Waals surface area (Å²) < 4.78 is 0. The molecular formula is C27H68Si8. The number of hydrogen-bond acceptors (Lipinski definition) is 0. The lowest BCUT2D eigenvalue weighted by Crippen LogP contribution is -2.85. The molecular weight excluding hydrogens is 549 g/mol. The van der Waals surface area contributed by atoms with Gasteiger partial charge in [-0.25, -0.2) is 0 Å². The molecule has 208 valence electrons. The highest BCUT2D eigenvalue weighted by Crippen LogP contribution is 2.67. The van der Waals surface area contributed by atoms with Crippen molar-refractivity contribution in [1.82, 2.24) is 0 Å². The van der Waals surface area contributed by atoms with Crippen LogP contribution in [0.25, 0.3) is 0 Å². The van der Waals surface area contributed by atoms with E-state index < -0.39 is 61.7 Å². The van der Waals surface area contributed by atoms with Gasteiger partial charge in [0.05, 0.1) is 22.8 Å². The molecule has 1 aliphatic rings. The Morgan fingerprint density at radius 3 is 0.914 bits per heavy atom. The summed E-state index contributed by atoms with van der Waals surface area (Å²) in [7, 11) is -9.78. The van der Waals surface area contributed by atoms with Gasteiger partial charge in [-0.1, -0.05) is 149 Å². The summed E-state index contributed by atoms with van der Waals surface area (Å²) in [6, 6.07) is 0. The zero-order chi connectivity index (χ0) is 28.6. The normalized spacial score (nSPS) is 26.6. The molecule has 0 aromatic heterocycles. The van der Waals surface area contributed by atoms with Crippen LogP contribution >= 0.6 is 0 Å².